The predicted octanol–water partition coefficient (Wildman–Crippen LogP) is 2.77. The molecular weight excluding hydrogens is 319 g/mol. The molecule has 0 aliphatic heterocycles. The van der Waals surface area contributed by atoms with Gasteiger partial charge in [0.05, 0.1) is 4.88 Å². The van der Waals surface area contributed by atoms with Gasteiger partial charge in [-0.15, -0.1) is 16.4 Å². The van der Waals surface area contributed by atoms with Crippen molar-refractivity contribution >= 4 is 22.9 Å². The first-order valence-electron chi connectivity index (χ1n) is 6.63. The van der Waals surface area contributed by atoms with E-state index in [4.69, 9.17) is 0 Å². The number of aliphatic hydroxyl groups is 1. The number of carbonyl (C=O) groups excluding carboxylic acids is 1. The maximum atomic E-state index is 12.9. The zero-order valence-corrected chi connectivity index (χ0v) is 12.5. The third kappa shape index (κ3) is 3.49. The normalized spacial score (nSPS) is 11.6. The third-order valence-electron chi connectivity index (χ3n) is 3.13. The number of nitrogens with zero attached hydrogens (tertiary/aromatic N) is 3. The summed E-state index contributed by atoms with van der Waals surface area (Å²) in [5.74, 6) is -0.953. The van der Waals surface area contributed by atoms with Crippen LogP contribution in [0.4, 0.5) is 4.39 Å². The van der Waals surface area contributed by atoms with Crippen molar-refractivity contribution < 1.29 is 14.3 Å². The number of aromatic amines is 1. The quantitative estimate of drug-likeness (QED) is 0.426. The molecule has 116 valence electrons. The van der Waals surface area contributed by atoms with E-state index in [1.54, 1.807) is 17.5 Å². The highest BCUT2D eigenvalue weighted by atomic mass is 32.1. The minimum absolute atomic E-state index is 0.0231. The van der Waals surface area contributed by atoms with Crippen molar-refractivity contribution in [1.29, 1.82) is 0 Å². The first-order valence-corrected chi connectivity index (χ1v) is 7.51. The second-order valence-electron chi connectivity index (χ2n) is 4.72. The topological polar surface area (TPSA) is 91.8 Å². The molecule has 0 saturated heterocycles. The second-order valence-corrected chi connectivity index (χ2v) is 5.64. The van der Waals surface area contributed by atoms with Gasteiger partial charge in [-0.05, 0) is 51.6 Å². The fourth-order valence-electron chi connectivity index (χ4n) is 2.04. The number of thiophene rings is 1. The highest BCUT2D eigenvalue weighted by Gasteiger charge is 2.14. The van der Waals surface area contributed by atoms with Gasteiger partial charge in [-0.1, -0.05) is 12.1 Å². The van der Waals surface area contributed by atoms with Gasteiger partial charge in [-0.3, -0.25) is 4.79 Å². The molecule has 0 unspecified atom stereocenters. The van der Waals surface area contributed by atoms with Crippen LogP contribution in [0.15, 0.2) is 41.8 Å². The molecule has 0 amide bonds. The lowest BCUT2D eigenvalue weighted by molar-refractivity contribution is 0.104. The van der Waals surface area contributed by atoms with Gasteiger partial charge >= 0.3 is 0 Å². The number of nitrogens with one attached hydrogen (secondary N) is 1. The SMILES string of the molecule is O=C(C=C(O)c1nnn[nH]1)c1sccc1Cc1ccc(F)cc1. The molecule has 8 heteroatoms. The molecule has 0 fully saturated rings. The summed E-state index contributed by atoms with van der Waals surface area (Å²) in [7, 11) is 0. The Balaban J connectivity index is 1.81. The molecule has 0 radical (unpaired) electrons. The predicted molar refractivity (Wildman–Crippen MR) is 82.6 cm³/mol. The van der Waals surface area contributed by atoms with E-state index >= 15 is 0 Å². The zero-order chi connectivity index (χ0) is 16.2. The number of hydrogen-bond acceptors (Lipinski definition) is 6. The number of allylic oxidation sites excluding steroid dienone is 1. The molecule has 2 aromatic heterocycles. The van der Waals surface area contributed by atoms with Crippen molar-refractivity contribution in [3.05, 3.63) is 69.4 Å². The van der Waals surface area contributed by atoms with Gasteiger partial charge < -0.3 is 5.11 Å². The van der Waals surface area contributed by atoms with Crippen LogP contribution in [0.2, 0.25) is 0 Å². The van der Waals surface area contributed by atoms with E-state index in [1.807, 2.05) is 6.07 Å². The minimum Gasteiger partial charge on any atom is -0.504 e. The molecule has 2 N–H and O–H groups in total. The molecule has 0 aliphatic rings. The molecule has 0 spiro atoms. The second kappa shape index (κ2) is 6.49. The fraction of sp³-hybridized carbons (Fsp3) is 0.0667. The Morgan fingerprint density at radius 3 is 2.78 bits per heavy atom. The zero-order valence-electron chi connectivity index (χ0n) is 11.7. The smallest absolute Gasteiger partial charge is 0.214 e. The number of rotatable bonds is 5. The summed E-state index contributed by atoms with van der Waals surface area (Å²) in [4.78, 5) is 12.8. The number of H-pyrrole nitrogens is 1. The molecule has 1 aromatic carbocycles. The Morgan fingerprint density at radius 2 is 2.09 bits per heavy atom. The van der Waals surface area contributed by atoms with Crippen LogP contribution in [0.5, 0.6) is 0 Å². The first kappa shape index (κ1) is 15.0. The lowest BCUT2D eigenvalue weighted by Gasteiger charge is -2.02. The number of benzene rings is 1. The minimum atomic E-state index is -0.342. The number of aromatic nitrogens is 4. The number of aliphatic hydroxyl groups excluding tert-OH is 1. The van der Waals surface area contributed by atoms with E-state index in [0.717, 1.165) is 17.2 Å². The third-order valence-corrected chi connectivity index (χ3v) is 4.11. The van der Waals surface area contributed by atoms with Crippen molar-refractivity contribution in [2.75, 3.05) is 0 Å². The van der Waals surface area contributed by atoms with E-state index < -0.39 is 0 Å². The maximum Gasteiger partial charge on any atom is 0.214 e. The van der Waals surface area contributed by atoms with E-state index in [9.17, 15) is 14.3 Å². The summed E-state index contributed by atoms with van der Waals surface area (Å²) >= 11 is 1.28. The van der Waals surface area contributed by atoms with Crippen LogP contribution in [0.1, 0.15) is 26.6 Å². The van der Waals surface area contributed by atoms with Gasteiger partial charge in [-0.25, -0.2) is 9.49 Å². The average Bonchev–Trinajstić information content (AvgIpc) is 3.20. The monoisotopic (exact) mass is 330 g/mol. The van der Waals surface area contributed by atoms with Crippen molar-refractivity contribution in [3.63, 3.8) is 0 Å². The van der Waals surface area contributed by atoms with Crippen LogP contribution < -0.4 is 0 Å². The molecule has 0 aliphatic carbocycles. The largest absolute Gasteiger partial charge is 0.504 e. The molecule has 0 atom stereocenters. The number of ketones is 1. The summed E-state index contributed by atoms with van der Waals surface area (Å²) < 4.78 is 12.9. The number of carbonyl (C=O) groups is 1. The van der Waals surface area contributed by atoms with E-state index in [-0.39, 0.29) is 23.2 Å². The Labute approximate surface area is 134 Å². The number of halogens is 1. The van der Waals surface area contributed by atoms with E-state index in [2.05, 4.69) is 20.6 Å². The van der Waals surface area contributed by atoms with Gasteiger partial charge in [0, 0.05) is 6.08 Å². The van der Waals surface area contributed by atoms with Crippen LogP contribution in [0.25, 0.3) is 5.76 Å². The van der Waals surface area contributed by atoms with Gasteiger partial charge in [0.1, 0.15) is 5.82 Å². The first-order chi connectivity index (χ1) is 11.1. The highest BCUT2D eigenvalue weighted by molar-refractivity contribution is 7.12. The summed E-state index contributed by atoms with van der Waals surface area (Å²) in [6.45, 7) is 0. The van der Waals surface area contributed by atoms with Gasteiger partial charge in [0.25, 0.3) is 0 Å². The van der Waals surface area contributed by atoms with Gasteiger partial charge in [0.2, 0.25) is 5.82 Å². The van der Waals surface area contributed by atoms with Crippen LogP contribution >= 0.6 is 11.3 Å². The number of hydrogen-bond donors (Lipinski definition) is 2. The lowest BCUT2D eigenvalue weighted by atomic mass is 10.0. The van der Waals surface area contributed by atoms with Crippen LogP contribution in [0.3, 0.4) is 0 Å². The molecule has 0 bridgehead atoms. The van der Waals surface area contributed by atoms with Gasteiger partial charge in [0.15, 0.2) is 11.5 Å². The van der Waals surface area contributed by atoms with Crippen LogP contribution in [0, 0.1) is 5.82 Å². The molecule has 2 heterocycles. The Hall–Kier alpha value is -2.87. The summed E-state index contributed by atoms with van der Waals surface area (Å²) in [5, 5.41) is 24.2. The maximum absolute atomic E-state index is 12.9. The fourth-order valence-corrected chi connectivity index (χ4v) is 2.87. The Morgan fingerprint density at radius 1 is 1.30 bits per heavy atom. The molecule has 23 heavy (non-hydrogen) atoms. The lowest BCUT2D eigenvalue weighted by Crippen LogP contribution is -1.99. The van der Waals surface area contributed by atoms with E-state index in [1.165, 1.54) is 23.5 Å². The summed E-state index contributed by atoms with van der Waals surface area (Å²) in [6.07, 6.45) is 1.57. The molecule has 6 nitrogen and oxygen atoms in total. The Bertz CT molecular complexity index is 841. The molecule has 0 saturated carbocycles. The van der Waals surface area contributed by atoms with Crippen molar-refractivity contribution in [2.45, 2.75) is 6.42 Å². The van der Waals surface area contributed by atoms with Crippen LogP contribution in [-0.4, -0.2) is 31.5 Å². The summed E-state index contributed by atoms with van der Waals surface area (Å²) in [6, 6.07) is 7.95. The van der Waals surface area contributed by atoms with Crippen molar-refractivity contribution in [2.24, 2.45) is 0 Å². The van der Waals surface area contributed by atoms with Crippen molar-refractivity contribution in [1.82, 2.24) is 20.6 Å². The molecule has 3 aromatic rings. The average molecular weight is 330 g/mol. The summed E-state index contributed by atoms with van der Waals surface area (Å²) in [5.41, 5.74) is 1.71. The van der Waals surface area contributed by atoms with Gasteiger partial charge in [-0.2, -0.15) is 0 Å². The number of tetrazole rings is 1. The van der Waals surface area contributed by atoms with Crippen LogP contribution in [-0.2, 0) is 6.42 Å². The molecular formula is C15H11FN4O2S. The highest BCUT2D eigenvalue weighted by Crippen LogP contribution is 2.22. The Kier molecular flexibility index (Phi) is 4.24. The molecule has 3 rings (SSSR count). The standard InChI is InChI=1S/C15H11FN4O2S/c16-11-3-1-9(2-4-11)7-10-5-6-23-14(10)12(21)8-13(22)15-17-19-20-18-15/h1-6,8,22H,7H2,(H,17,18,19,20). The van der Waals surface area contributed by atoms with Crippen molar-refractivity contribution in [3.8, 4) is 0 Å². The van der Waals surface area contributed by atoms with E-state index in [0.29, 0.717) is 11.3 Å².